The largest absolute Gasteiger partial charge is 0.330 e. The predicted molar refractivity (Wildman–Crippen MR) is 78.2 cm³/mol. The molecule has 0 spiro atoms. The van der Waals surface area contributed by atoms with Crippen LogP contribution in [0, 0.1) is 17.5 Å². The van der Waals surface area contributed by atoms with E-state index in [1.807, 2.05) is 31.2 Å². The second-order valence-electron chi connectivity index (χ2n) is 4.39. The van der Waals surface area contributed by atoms with Gasteiger partial charge >= 0.3 is 0 Å². The smallest absolute Gasteiger partial charge is 0.182 e. The molecule has 2 aromatic carbocycles. The van der Waals surface area contributed by atoms with Crippen LogP contribution in [0.1, 0.15) is 5.56 Å². The van der Waals surface area contributed by atoms with Crippen LogP contribution < -0.4 is 0 Å². The van der Waals surface area contributed by atoms with E-state index in [9.17, 15) is 4.39 Å². The lowest BCUT2D eigenvalue weighted by molar-refractivity contribution is 0.629. The topological polar surface area (TPSA) is 20.7 Å². The summed E-state index contributed by atoms with van der Waals surface area (Å²) >= 11 is 11.1. The third-order valence-electron chi connectivity index (χ3n) is 2.98. The molecular formula is C14H10ClFN2S. The summed E-state index contributed by atoms with van der Waals surface area (Å²) in [6.45, 7) is 2.00. The normalized spacial score (nSPS) is 11.1. The van der Waals surface area contributed by atoms with Crippen LogP contribution in [0.25, 0.3) is 16.7 Å². The van der Waals surface area contributed by atoms with Crippen molar-refractivity contribution in [3.8, 4) is 5.69 Å². The van der Waals surface area contributed by atoms with Crippen molar-refractivity contribution >= 4 is 34.9 Å². The first kappa shape index (κ1) is 12.4. The molecule has 19 heavy (non-hydrogen) atoms. The Balaban J connectivity index is 2.38. The van der Waals surface area contributed by atoms with Crippen LogP contribution in [-0.2, 0) is 0 Å². The van der Waals surface area contributed by atoms with E-state index in [2.05, 4.69) is 4.98 Å². The zero-order valence-corrected chi connectivity index (χ0v) is 11.6. The summed E-state index contributed by atoms with van der Waals surface area (Å²) in [6, 6.07) is 10.8. The fraction of sp³-hybridized carbons (Fsp3) is 0.0714. The molecule has 0 atom stereocenters. The van der Waals surface area contributed by atoms with Crippen molar-refractivity contribution in [2.45, 2.75) is 6.92 Å². The number of imidazole rings is 1. The van der Waals surface area contributed by atoms with Crippen molar-refractivity contribution in [2.75, 3.05) is 0 Å². The van der Waals surface area contributed by atoms with Crippen LogP contribution in [0.15, 0.2) is 36.4 Å². The number of hydrogen-bond acceptors (Lipinski definition) is 1. The molecule has 0 saturated heterocycles. The first-order valence-electron chi connectivity index (χ1n) is 5.73. The van der Waals surface area contributed by atoms with E-state index >= 15 is 0 Å². The summed E-state index contributed by atoms with van der Waals surface area (Å²) < 4.78 is 16.0. The van der Waals surface area contributed by atoms with Gasteiger partial charge in [0.05, 0.1) is 16.1 Å². The number of halogens is 2. The maximum absolute atomic E-state index is 13.6. The lowest BCUT2D eigenvalue weighted by Gasteiger charge is -2.05. The minimum absolute atomic E-state index is 0.0835. The highest BCUT2D eigenvalue weighted by atomic mass is 35.5. The number of aryl methyl sites for hydroxylation is 1. The number of nitrogens with one attached hydrogen (secondary N) is 1. The van der Waals surface area contributed by atoms with Gasteiger partial charge in [-0.25, -0.2) is 4.39 Å². The Morgan fingerprint density at radius 1 is 1.26 bits per heavy atom. The van der Waals surface area contributed by atoms with Crippen LogP contribution in [0.3, 0.4) is 0 Å². The highest BCUT2D eigenvalue weighted by Crippen LogP contribution is 2.25. The molecule has 0 saturated carbocycles. The zero-order chi connectivity index (χ0) is 13.6. The van der Waals surface area contributed by atoms with Gasteiger partial charge in [-0.1, -0.05) is 23.7 Å². The van der Waals surface area contributed by atoms with Crippen molar-refractivity contribution in [3.63, 3.8) is 0 Å². The van der Waals surface area contributed by atoms with Gasteiger partial charge in [0.1, 0.15) is 5.82 Å². The molecule has 0 aliphatic rings. The zero-order valence-electron chi connectivity index (χ0n) is 10.1. The summed E-state index contributed by atoms with van der Waals surface area (Å²) in [4.78, 5) is 3.04. The lowest BCUT2D eigenvalue weighted by Crippen LogP contribution is -1.94. The second kappa shape index (κ2) is 4.47. The van der Waals surface area contributed by atoms with E-state index in [0.29, 0.717) is 10.3 Å². The minimum atomic E-state index is -0.454. The maximum atomic E-state index is 13.6. The van der Waals surface area contributed by atoms with Gasteiger partial charge in [0.2, 0.25) is 0 Å². The Morgan fingerprint density at radius 3 is 2.79 bits per heavy atom. The van der Waals surface area contributed by atoms with Crippen molar-refractivity contribution in [3.05, 3.63) is 57.6 Å². The van der Waals surface area contributed by atoms with Gasteiger partial charge in [0.15, 0.2) is 4.77 Å². The second-order valence-corrected chi connectivity index (χ2v) is 5.18. The monoisotopic (exact) mass is 292 g/mol. The predicted octanol–water partition coefficient (Wildman–Crippen LogP) is 4.79. The Labute approximate surface area is 119 Å². The van der Waals surface area contributed by atoms with Crippen molar-refractivity contribution in [1.29, 1.82) is 0 Å². The first-order chi connectivity index (χ1) is 9.06. The van der Waals surface area contributed by atoms with E-state index in [1.165, 1.54) is 6.07 Å². The van der Waals surface area contributed by atoms with Gasteiger partial charge in [-0.15, -0.1) is 0 Å². The number of hydrogen-bond donors (Lipinski definition) is 1. The quantitative estimate of drug-likeness (QED) is 0.640. The summed E-state index contributed by atoms with van der Waals surface area (Å²) in [5, 5.41) is 0.0835. The summed E-state index contributed by atoms with van der Waals surface area (Å²) in [7, 11) is 0. The lowest BCUT2D eigenvalue weighted by atomic mass is 10.2. The number of aromatic amines is 1. The third-order valence-corrected chi connectivity index (χ3v) is 3.56. The summed E-state index contributed by atoms with van der Waals surface area (Å²) in [5.74, 6) is -0.454. The van der Waals surface area contributed by atoms with Gasteiger partial charge in [-0.05, 0) is 42.9 Å². The average molecular weight is 293 g/mol. The number of H-pyrrole nitrogens is 1. The number of fused-ring (bicyclic) bond motifs is 1. The van der Waals surface area contributed by atoms with Gasteiger partial charge < -0.3 is 4.98 Å². The van der Waals surface area contributed by atoms with E-state index in [4.69, 9.17) is 23.8 Å². The molecule has 0 amide bonds. The first-order valence-corrected chi connectivity index (χ1v) is 6.52. The van der Waals surface area contributed by atoms with Crippen LogP contribution in [0.4, 0.5) is 4.39 Å². The van der Waals surface area contributed by atoms with Crippen LogP contribution in [0.5, 0.6) is 0 Å². The molecule has 3 aromatic rings. The molecule has 1 N–H and O–H groups in total. The highest BCUT2D eigenvalue weighted by Gasteiger charge is 2.10. The fourth-order valence-corrected chi connectivity index (χ4v) is 2.60. The Hall–Kier alpha value is -1.65. The molecule has 96 valence electrons. The standard InChI is InChI=1S/C14H10ClFN2S/c1-8-3-2-4-9(5-8)18-13-7-11(16)10(15)6-12(13)17-14(18)19/h2-7H,1H3,(H,17,19). The number of nitrogens with zero attached hydrogens (tertiary/aromatic N) is 1. The van der Waals surface area contributed by atoms with Crippen molar-refractivity contribution in [2.24, 2.45) is 0 Å². The van der Waals surface area contributed by atoms with Crippen molar-refractivity contribution < 1.29 is 4.39 Å². The molecule has 0 aliphatic carbocycles. The molecule has 1 heterocycles. The number of benzene rings is 2. The molecule has 0 radical (unpaired) electrons. The molecule has 0 fully saturated rings. The third kappa shape index (κ3) is 2.07. The Kier molecular flexibility index (Phi) is 2.92. The Morgan fingerprint density at radius 2 is 2.05 bits per heavy atom. The highest BCUT2D eigenvalue weighted by molar-refractivity contribution is 7.71. The van der Waals surface area contributed by atoms with Gasteiger partial charge in [0, 0.05) is 11.8 Å². The molecule has 5 heteroatoms. The van der Waals surface area contributed by atoms with E-state index in [-0.39, 0.29) is 5.02 Å². The molecule has 3 rings (SSSR count). The number of rotatable bonds is 1. The minimum Gasteiger partial charge on any atom is -0.330 e. The van der Waals surface area contributed by atoms with Crippen molar-refractivity contribution in [1.82, 2.24) is 9.55 Å². The van der Waals surface area contributed by atoms with Gasteiger partial charge in [0.25, 0.3) is 0 Å². The van der Waals surface area contributed by atoms with Gasteiger partial charge in [-0.3, -0.25) is 4.57 Å². The van der Waals surface area contributed by atoms with E-state index < -0.39 is 5.82 Å². The molecule has 2 nitrogen and oxygen atoms in total. The fourth-order valence-electron chi connectivity index (χ4n) is 2.13. The molecule has 1 aromatic heterocycles. The average Bonchev–Trinajstić information content (AvgIpc) is 2.65. The van der Waals surface area contributed by atoms with E-state index in [1.54, 1.807) is 10.6 Å². The van der Waals surface area contributed by atoms with Crippen LogP contribution in [-0.4, -0.2) is 9.55 Å². The molecule has 0 bridgehead atoms. The maximum Gasteiger partial charge on any atom is 0.182 e. The molecule has 0 aliphatic heterocycles. The number of aromatic nitrogens is 2. The Bertz CT molecular complexity index is 835. The summed E-state index contributed by atoms with van der Waals surface area (Å²) in [6.07, 6.45) is 0. The van der Waals surface area contributed by atoms with Crippen LogP contribution in [0.2, 0.25) is 5.02 Å². The summed E-state index contributed by atoms with van der Waals surface area (Å²) in [5.41, 5.74) is 3.41. The SMILES string of the molecule is Cc1cccc(-n2c(=S)[nH]c3cc(Cl)c(F)cc32)c1. The van der Waals surface area contributed by atoms with Gasteiger partial charge in [-0.2, -0.15) is 0 Å². The van der Waals surface area contributed by atoms with Crippen LogP contribution >= 0.6 is 23.8 Å². The molecular weight excluding hydrogens is 283 g/mol. The van der Waals surface area contributed by atoms with E-state index in [0.717, 1.165) is 16.8 Å². The molecule has 0 unspecified atom stereocenters.